The van der Waals surface area contributed by atoms with Gasteiger partial charge in [0.2, 0.25) is 0 Å². The van der Waals surface area contributed by atoms with Crippen molar-refractivity contribution < 1.29 is 9.47 Å². The fourth-order valence-electron chi connectivity index (χ4n) is 3.48. The van der Waals surface area contributed by atoms with Gasteiger partial charge in [0.1, 0.15) is 0 Å². The number of ether oxygens (including phenoxy) is 2. The van der Waals surface area contributed by atoms with Crippen LogP contribution < -0.4 is 5.32 Å². The number of likely N-dealkylation sites (tertiary alicyclic amines) is 1. The van der Waals surface area contributed by atoms with Gasteiger partial charge in [0.15, 0.2) is 5.96 Å². The molecule has 5 nitrogen and oxygen atoms in total. The summed E-state index contributed by atoms with van der Waals surface area (Å²) < 4.78 is 11.1. The van der Waals surface area contributed by atoms with Crippen molar-refractivity contribution in [3.8, 4) is 0 Å². The molecule has 1 aromatic rings. The van der Waals surface area contributed by atoms with E-state index in [0.29, 0.717) is 12.6 Å². The lowest BCUT2D eigenvalue weighted by atomic mass is 9.85. The summed E-state index contributed by atoms with van der Waals surface area (Å²) in [5, 5.41) is 4.26. The lowest BCUT2D eigenvalue weighted by Crippen LogP contribution is -2.47. The van der Waals surface area contributed by atoms with Crippen LogP contribution in [-0.2, 0) is 14.9 Å². The SMILES string of the molecule is CCNC(=NCC(C)(C)c1ccccc1Cl)N1CCC(OCCCOC)CC1. The Morgan fingerprint density at radius 1 is 1.25 bits per heavy atom. The van der Waals surface area contributed by atoms with Crippen LogP contribution in [0, 0.1) is 0 Å². The van der Waals surface area contributed by atoms with E-state index < -0.39 is 0 Å². The number of nitrogens with one attached hydrogen (secondary N) is 1. The highest BCUT2D eigenvalue weighted by molar-refractivity contribution is 6.31. The van der Waals surface area contributed by atoms with Crippen LogP contribution in [0.2, 0.25) is 5.02 Å². The Bertz CT molecular complexity index is 614. The number of aliphatic imine (C=N–C) groups is 1. The standard InChI is InChI=1S/C22H36ClN3O2/c1-5-24-21(25-17-22(2,3)19-9-6-7-10-20(19)23)26-13-11-18(12-14-26)28-16-8-15-27-4/h6-7,9-10,18H,5,8,11-17H2,1-4H3,(H,24,25). The zero-order valence-electron chi connectivity index (χ0n) is 17.8. The molecule has 1 aliphatic heterocycles. The van der Waals surface area contributed by atoms with E-state index in [-0.39, 0.29) is 5.41 Å². The number of piperidine rings is 1. The van der Waals surface area contributed by atoms with Crippen LogP contribution in [0.15, 0.2) is 29.3 Å². The Morgan fingerprint density at radius 3 is 2.61 bits per heavy atom. The van der Waals surface area contributed by atoms with Gasteiger partial charge in [0.25, 0.3) is 0 Å². The Balaban J connectivity index is 1.93. The first-order valence-electron chi connectivity index (χ1n) is 10.4. The van der Waals surface area contributed by atoms with Crippen LogP contribution >= 0.6 is 11.6 Å². The van der Waals surface area contributed by atoms with E-state index in [1.807, 2.05) is 18.2 Å². The van der Waals surface area contributed by atoms with Gasteiger partial charge in [-0.2, -0.15) is 0 Å². The number of hydrogen-bond donors (Lipinski definition) is 1. The molecule has 0 aliphatic carbocycles. The number of guanidine groups is 1. The number of rotatable bonds is 9. The zero-order valence-corrected chi connectivity index (χ0v) is 18.6. The molecule has 0 atom stereocenters. The maximum Gasteiger partial charge on any atom is 0.193 e. The van der Waals surface area contributed by atoms with Crippen molar-refractivity contribution in [1.82, 2.24) is 10.2 Å². The number of benzene rings is 1. The Kier molecular flexibility index (Phi) is 9.56. The largest absolute Gasteiger partial charge is 0.385 e. The van der Waals surface area contributed by atoms with Crippen molar-refractivity contribution in [3.63, 3.8) is 0 Å². The van der Waals surface area contributed by atoms with Crippen molar-refractivity contribution in [1.29, 1.82) is 0 Å². The summed E-state index contributed by atoms with van der Waals surface area (Å²) in [5.41, 5.74) is 1.02. The smallest absolute Gasteiger partial charge is 0.193 e. The molecule has 1 N–H and O–H groups in total. The summed E-state index contributed by atoms with van der Waals surface area (Å²) in [7, 11) is 1.73. The predicted molar refractivity (Wildman–Crippen MR) is 117 cm³/mol. The van der Waals surface area contributed by atoms with Crippen LogP contribution in [0.4, 0.5) is 0 Å². The highest BCUT2D eigenvalue weighted by Gasteiger charge is 2.25. The molecule has 6 heteroatoms. The average molecular weight is 410 g/mol. The Hall–Kier alpha value is -1.30. The van der Waals surface area contributed by atoms with Gasteiger partial charge < -0.3 is 19.7 Å². The van der Waals surface area contributed by atoms with E-state index in [1.54, 1.807) is 7.11 Å². The number of methoxy groups -OCH3 is 1. The maximum absolute atomic E-state index is 6.42. The monoisotopic (exact) mass is 409 g/mol. The van der Waals surface area contributed by atoms with Gasteiger partial charge in [-0.15, -0.1) is 0 Å². The van der Waals surface area contributed by atoms with Gasteiger partial charge in [-0.05, 0) is 37.8 Å². The molecule has 0 radical (unpaired) electrons. The normalized spacial score (nSPS) is 16.5. The molecule has 158 valence electrons. The van der Waals surface area contributed by atoms with Gasteiger partial charge in [0.05, 0.1) is 12.6 Å². The third-order valence-electron chi connectivity index (χ3n) is 5.15. The molecule has 0 aromatic heterocycles. The lowest BCUT2D eigenvalue weighted by Gasteiger charge is -2.35. The minimum atomic E-state index is -0.123. The summed E-state index contributed by atoms with van der Waals surface area (Å²) in [4.78, 5) is 7.30. The molecule has 1 aliphatic rings. The van der Waals surface area contributed by atoms with Crippen molar-refractivity contribution in [2.45, 2.75) is 51.6 Å². The van der Waals surface area contributed by atoms with Crippen molar-refractivity contribution in [2.24, 2.45) is 4.99 Å². The molecule has 1 aromatic carbocycles. The fourth-order valence-corrected chi connectivity index (χ4v) is 3.87. The molecule has 28 heavy (non-hydrogen) atoms. The molecule has 0 amide bonds. The second-order valence-corrected chi connectivity index (χ2v) is 8.34. The van der Waals surface area contributed by atoms with Gasteiger partial charge in [-0.1, -0.05) is 43.6 Å². The van der Waals surface area contributed by atoms with E-state index >= 15 is 0 Å². The Morgan fingerprint density at radius 2 is 1.96 bits per heavy atom. The van der Waals surface area contributed by atoms with E-state index in [4.69, 9.17) is 26.1 Å². The molecular weight excluding hydrogens is 374 g/mol. The summed E-state index contributed by atoms with van der Waals surface area (Å²) in [5.74, 6) is 0.987. The molecule has 0 spiro atoms. The van der Waals surface area contributed by atoms with Gasteiger partial charge >= 0.3 is 0 Å². The topological polar surface area (TPSA) is 46.1 Å². The second kappa shape index (κ2) is 11.6. The average Bonchev–Trinajstić information content (AvgIpc) is 2.69. The highest BCUT2D eigenvalue weighted by Crippen LogP contribution is 2.30. The number of nitrogens with zero attached hydrogens (tertiary/aromatic N) is 2. The van der Waals surface area contributed by atoms with Crippen molar-refractivity contribution >= 4 is 17.6 Å². The summed E-state index contributed by atoms with van der Waals surface area (Å²) >= 11 is 6.42. The van der Waals surface area contributed by atoms with Crippen LogP contribution in [0.5, 0.6) is 0 Å². The summed E-state index contributed by atoms with van der Waals surface area (Å²) in [6, 6.07) is 8.05. The summed E-state index contributed by atoms with van der Waals surface area (Å²) in [6.07, 6.45) is 3.37. The highest BCUT2D eigenvalue weighted by atomic mass is 35.5. The number of hydrogen-bond acceptors (Lipinski definition) is 3. The zero-order chi connectivity index (χ0) is 20.4. The molecule has 0 saturated carbocycles. The minimum absolute atomic E-state index is 0.123. The van der Waals surface area contributed by atoms with Gasteiger partial charge in [0, 0.05) is 50.4 Å². The molecule has 1 heterocycles. The van der Waals surface area contributed by atoms with Crippen LogP contribution in [0.1, 0.15) is 45.6 Å². The first-order valence-corrected chi connectivity index (χ1v) is 10.7. The fraction of sp³-hybridized carbons (Fsp3) is 0.682. The van der Waals surface area contributed by atoms with Crippen molar-refractivity contribution in [2.75, 3.05) is 46.5 Å². The molecule has 0 unspecified atom stereocenters. The van der Waals surface area contributed by atoms with E-state index in [9.17, 15) is 0 Å². The van der Waals surface area contributed by atoms with Crippen LogP contribution in [0.25, 0.3) is 0 Å². The first kappa shape index (κ1) is 23.0. The molecule has 1 saturated heterocycles. The van der Waals surface area contributed by atoms with Crippen molar-refractivity contribution in [3.05, 3.63) is 34.9 Å². The van der Waals surface area contributed by atoms with Crippen LogP contribution in [-0.4, -0.2) is 63.5 Å². The molecular formula is C22H36ClN3O2. The molecule has 1 fully saturated rings. The maximum atomic E-state index is 6.42. The minimum Gasteiger partial charge on any atom is -0.385 e. The third-order valence-corrected chi connectivity index (χ3v) is 5.48. The molecule has 2 rings (SSSR count). The van der Waals surface area contributed by atoms with Gasteiger partial charge in [-0.3, -0.25) is 4.99 Å². The van der Waals surface area contributed by atoms with E-state index in [2.05, 4.69) is 37.1 Å². The van der Waals surface area contributed by atoms with Crippen LogP contribution in [0.3, 0.4) is 0 Å². The predicted octanol–water partition coefficient (Wildman–Crippen LogP) is 4.10. The second-order valence-electron chi connectivity index (χ2n) is 7.94. The molecule has 0 bridgehead atoms. The van der Waals surface area contributed by atoms with E-state index in [1.165, 1.54) is 0 Å². The first-order chi connectivity index (χ1) is 13.5. The Labute approximate surface area is 175 Å². The quantitative estimate of drug-likeness (QED) is 0.379. The van der Waals surface area contributed by atoms with E-state index in [0.717, 1.165) is 68.7 Å². The number of halogens is 1. The summed E-state index contributed by atoms with van der Waals surface area (Å²) in [6.45, 7) is 11.5. The third kappa shape index (κ3) is 6.94. The lowest BCUT2D eigenvalue weighted by molar-refractivity contribution is 0.00989. The van der Waals surface area contributed by atoms with Gasteiger partial charge in [-0.25, -0.2) is 0 Å².